The molecule has 0 radical (unpaired) electrons. The van der Waals surface area contributed by atoms with Gasteiger partial charge in [0.1, 0.15) is 6.61 Å². The van der Waals surface area contributed by atoms with Gasteiger partial charge in [-0.3, -0.25) is 4.90 Å². The van der Waals surface area contributed by atoms with Crippen molar-refractivity contribution in [3.8, 4) is 0 Å². The van der Waals surface area contributed by atoms with E-state index < -0.39 is 40.7 Å². The summed E-state index contributed by atoms with van der Waals surface area (Å²) in [6.07, 6.45) is -0.171. The Balaban J connectivity index is 2.14. The van der Waals surface area contributed by atoms with Gasteiger partial charge in [0.05, 0.1) is 6.04 Å². The van der Waals surface area contributed by atoms with Gasteiger partial charge in [-0.2, -0.15) is 22.3 Å². The standard InChI is InChI=1S/C9H12F2N2O6S/c1-17-5-8(10,11)9-3-2-6-4-12(9)7(14)13(6)19-20(15,16)18-9/h6H,2-5H2,1H3/t6-,9+/m1/s1. The number of hydrogen-bond acceptors (Lipinski definition) is 6. The van der Waals surface area contributed by atoms with Crippen molar-refractivity contribution in [2.45, 2.75) is 30.5 Å². The number of alkyl halides is 2. The molecule has 0 saturated carbocycles. The molecule has 3 fully saturated rings. The van der Waals surface area contributed by atoms with Crippen LogP contribution in [0.4, 0.5) is 13.6 Å². The molecule has 3 rings (SSSR count). The van der Waals surface area contributed by atoms with Gasteiger partial charge in [0.25, 0.3) is 0 Å². The predicted molar refractivity (Wildman–Crippen MR) is 57.6 cm³/mol. The molecule has 0 aromatic heterocycles. The second kappa shape index (κ2) is 4.00. The van der Waals surface area contributed by atoms with Gasteiger partial charge in [-0.15, -0.1) is 4.28 Å². The zero-order valence-electron chi connectivity index (χ0n) is 10.4. The molecule has 3 heterocycles. The second-order valence-corrected chi connectivity index (χ2v) is 6.03. The monoisotopic (exact) mass is 314 g/mol. The molecule has 0 aliphatic carbocycles. The number of methoxy groups -OCH3 is 1. The minimum absolute atomic E-state index is 0.0757. The van der Waals surface area contributed by atoms with Crippen LogP contribution in [0.3, 0.4) is 0 Å². The maximum atomic E-state index is 14.4. The number of carbonyl (C=O) groups excluding carboxylic acids is 1. The van der Waals surface area contributed by atoms with Crippen LogP contribution in [-0.4, -0.2) is 62.4 Å². The average Bonchev–Trinajstić information content (AvgIpc) is 2.51. The maximum absolute atomic E-state index is 14.4. The highest BCUT2D eigenvalue weighted by molar-refractivity contribution is 7.81. The number of nitrogens with zero attached hydrogens (tertiary/aromatic N) is 2. The van der Waals surface area contributed by atoms with Crippen LogP contribution in [0.15, 0.2) is 0 Å². The molecule has 0 aromatic rings. The van der Waals surface area contributed by atoms with Gasteiger partial charge in [-0.1, -0.05) is 0 Å². The van der Waals surface area contributed by atoms with E-state index in [1.54, 1.807) is 0 Å². The van der Waals surface area contributed by atoms with E-state index >= 15 is 0 Å². The number of hydrogen-bond donors (Lipinski definition) is 0. The second-order valence-electron chi connectivity index (χ2n) is 4.90. The zero-order chi connectivity index (χ0) is 14.8. The van der Waals surface area contributed by atoms with Crippen LogP contribution in [-0.2, 0) is 23.6 Å². The SMILES string of the molecule is COCC(F)(F)[C@@]12CC[C@@H]3CN1C(=O)N3OS(=O)(=O)O2. The number of hydroxylamine groups is 2. The van der Waals surface area contributed by atoms with Crippen LogP contribution in [0.1, 0.15) is 12.8 Å². The maximum Gasteiger partial charge on any atom is 0.423 e. The first-order chi connectivity index (χ1) is 9.22. The lowest BCUT2D eigenvalue weighted by Gasteiger charge is -2.45. The highest BCUT2D eigenvalue weighted by Gasteiger charge is 2.70. The number of carbonyl (C=O) groups is 1. The van der Waals surface area contributed by atoms with Crippen molar-refractivity contribution in [1.82, 2.24) is 9.96 Å². The molecular formula is C9H12F2N2O6S. The Morgan fingerprint density at radius 1 is 1.55 bits per heavy atom. The third-order valence-corrected chi connectivity index (χ3v) is 4.53. The van der Waals surface area contributed by atoms with Crippen molar-refractivity contribution in [3.63, 3.8) is 0 Å². The number of amides is 2. The molecule has 0 N–H and O–H groups in total. The molecule has 20 heavy (non-hydrogen) atoms. The molecule has 2 atom stereocenters. The van der Waals surface area contributed by atoms with Crippen LogP contribution >= 0.6 is 0 Å². The summed E-state index contributed by atoms with van der Waals surface area (Å²) in [6.45, 7) is -1.15. The highest BCUT2D eigenvalue weighted by atomic mass is 32.3. The lowest BCUT2D eigenvalue weighted by atomic mass is 9.92. The van der Waals surface area contributed by atoms with Crippen molar-refractivity contribution in [2.24, 2.45) is 0 Å². The van der Waals surface area contributed by atoms with Gasteiger partial charge < -0.3 is 4.74 Å². The van der Waals surface area contributed by atoms with Crippen molar-refractivity contribution >= 4 is 16.4 Å². The lowest BCUT2D eigenvalue weighted by molar-refractivity contribution is -0.254. The normalized spacial score (nSPS) is 35.5. The van der Waals surface area contributed by atoms with Crippen LogP contribution in [0.2, 0.25) is 0 Å². The molecule has 8 nitrogen and oxygen atoms in total. The number of ether oxygens (including phenoxy) is 1. The van der Waals surface area contributed by atoms with Crippen LogP contribution in [0, 0.1) is 0 Å². The number of halogens is 2. The zero-order valence-corrected chi connectivity index (χ0v) is 11.2. The molecule has 3 saturated heterocycles. The first-order valence-electron chi connectivity index (χ1n) is 5.85. The molecule has 0 aromatic carbocycles. The van der Waals surface area contributed by atoms with E-state index in [-0.39, 0.29) is 19.4 Å². The molecule has 3 aliphatic heterocycles. The summed E-state index contributed by atoms with van der Waals surface area (Å²) in [5.41, 5.74) is -2.60. The Hall–Kier alpha value is -1.04. The number of urea groups is 1. The molecule has 3 aliphatic rings. The molecule has 0 unspecified atom stereocenters. The van der Waals surface area contributed by atoms with Gasteiger partial charge in [-0.05, 0) is 6.42 Å². The Kier molecular flexibility index (Phi) is 2.78. The molecule has 114 valence electrons. The van der Waals surface area contributed by atoms with E-state index in [0.29, 0.717) is 9.96 Å². The Labute approximate surface area is 113 Å². The minimum atomic E-state index is -4.75. The summed E-state index contributed by atoms with van der Waals surface area (Å²) in [5.74, 6) is -3.70. The Morgan fingerprint density at radius 3 is 2.90 bits per heavy atom. The topological polar surface area (TPSA) is 85.4 Å². The van der Waals surface area contributed by atoms with E-state index in [2.05, 4.69) is 13.2 Å². The molecule has 2 amide bonds. The van der Waals surface area contributed by atoms with Gasteiger partial charge >= 0.3 is 22.4 Å². The molecule has 11 heteroatoms. The number of rotatable bonds is 3. The fourth-order valence-corrected chi connectivity index (χ4v) is 3.89. The minimum Gasteiger partial charge on any atom is -0.378 e. The third kappa shape index (κ3) is 1.66. The summed E-state index contributed by atoms with van der Waals surface area (Å²) in [4.78, 5) is 12.7. The van der Waals surface area contributed by atoms with Gasteiger partial charge in [0.15, 0.2) is 0 Å². The fourth-order valence-electron chi connectivity index (χ4n) is 2.84. The van der Waals surface area contributed by atoms with Crippen LogP contribution in [0.25, 0.3) is 0 Å². The van der Waals surface area contributed by atoms with Crippen molar-refractivity contribution < 1.29 is 35.2 Å². The van der Waals surface area contributed by atoms with E-state index in [9.17, 15) is 22.0 Å². The van der Waals surface area contributed by atoms with Crippen LogP contribution in [0.5, 0.6) is 0 Å². The van der Waals surface area contributed by atoms with Gasteiger partial charge in [0, 0.05) is 20.1 Å². The number of piperidine rings is 1. The van der Waals surface area contributed by atoms with E-state index in [1.165, 1.54) is 0 Å². The Morgan fingerprint density at radius 2 is 2.25 bits per heavy atom. The van der Waals surface area contributed by atoms with Crippen molar-refractivity contribution in [3.05, 3.63) is 0 Å². The van der Waals surface area contributed by atoms with Gasteiger partial charge in [-0.25, -0.2) is 8.98 Å². The molecular weight excluding hydrogens is 302 g/mol. The summed E-state index contributed by atoms with van der Waals surface area (Å²) in [5, 5.41) is 0.590. The van der Waals surface area contributed by atoms with E-state index in [0.717, 1.165) is 7.11 Å². The quantitative estimate of drug-likeness (QED) is 0.733. The molecule has 3 bridgehead atoms. The fraction of sp³-hybridized carbons (Fsp3) is 0.889. The highest BCUT2D eigenvalue weighted by Crippen LogP contribution is 2.49. The first kappa shape index (κ1) is 13.9. The number of fused-ring (bicyclic) bond motifs is 3. The van der Waals surface area contributed by atoms with Gasteiger partial charge in [0.2, 0.25) is 5.72 Å². The van der Waals surface area contributed by atoms with Crippen molar-refractivity contribution in [1.29, 1.82) is 0 Å². The smallest absolute Gasteiger partial charge is 0.378 e. The Bertz CT molecular complexity index is 555. The summed E-state index contributed by atoms with van der Waals surface area (Å²) in [7, 11) is -3.69. The van der Waals surface area contributed by atoms with Crippen LogP contribution < -0.4 is 0 Å². The van der Waals surface area contributed by atoms with E-state index in [4.69, 9.17) is 0 Å². The van der Waals surface area contributed by atoms with E-state index in [1.807, 2.05) is 0 Å². The lowest BCUT2D eigenvalue weighted by Crippen LogP contribution is -2.66. The largest absolute Gasteiger partial charge is 0.423 e. The summed E-state index contributed by atoms with van der Waals surface area (Å²) < 4.78 is 65.4. The van der Waals surface area contributed by atoms with Crippen molar-refractivity contribution in [2.75, 3.05) is 20.3 Å². The molecule has 0 spiro atoms. The third-order valence-electron chi connectivity index (χ3n) is 3.71. The first-order valence-corrected chi connectivity index (χ1v) is 7.18. The predicted octanol–water partition coefficient (Wildman–Crippen LogP) is 0.0710. The summed E-state index contributed by atoms with van der Waals surface area (Å²) >= 11 is 0. The summed E-state index contributed by atoms with van der Waals surface area (Å²) in [6, 6.07) is -1.52. The average molecular weight is 314 g/mol.